The lowest BCUT2D eigenvalue weighted by molar-refractivity contribution is -0.385. The molecule has 0 atom stereocenters. The summed E-state index contributed by atoms with van der Waals surface area (Å²) in [5, 5.41) is 14.3. The highest BCUT2D eigenvalue weighted by molar-refractivity contribution is 6.33. The highest BCUT2D eigenvalue weighted by Crippen LogP contribution is 2.31. The minimum Gasteiger partial charge on any atom is -0.367 e. The molecular weight excluding hydrogens is 420 g/mol. The van der Waals surface area contributed by atoms with Crippen molar-refractivity contribution in [2.45, 2.75) is 20.8 Å². The van der Waals surface area contributed by atoms with Crippen molar-refractivity contribution >= 4 is 40.5 Å². The van der Waals surface area contributed by atoms with Gasteiger partial charge in [0.2, 0.25) is 5.91 Å². The molecule has 3 rings (SSSR count). The molecule has 1 saturated heterocycles. The molecule has 0 saturated carbocycles. The van der Waals surface area contributed by atoms with Crippen LogP contribution in [0.15, 0.2) is 42.5 Å². The summed E-state index contributed by atoms with van der Waals surface area (Å²) in [5.74, 6) is -0.447. The van der Waals surface area contributed by atoms with E-state index >= 15 is 0 Å². The fourth-order valence-corrected chi connectivity index (χ4v) is 3.79. The average Bonchev–Trinajstić information content (AvgIpc) is 2.73. The fourth-order valence-electron chi connectivity index (χ4n) is 3.49. The smallest absolute Gasteiger partial charge is 0.282 e. The Morgan fingerprint density at radius 2 is 1.71 bits per heavy atom. The van der Waals surface area contributed by atoms with E-state index in [0.29, 0.717) is 36.9 Å². The van der Waals surface area contributed by atoms with Crippen LogP contribution in [0.2, 0.25) is 5.02 Å². The minimum absolute atomic E-state index is 0.0210. The number of nitrogens with one attached hydrogen (secondary N) is 1. The summed E-state index contributed by atoms with van der Waals surface area (Å²) in [7, 11) is 0. The lowest BCUT2D eigenvalue weighted by atomic mass is 9.94. The number of carbonyl (C=O) groups excluding carboxylic acids is 2. The first-order valence-electron chi connectivity index (χ1n) is 9.96. The lowest BCUT2D eigenvalue weighted by Crippen LogP contribution is -2.51. The molecule has 31 heavy (non-hydrogen) atoms. The molecule has 0 aliphatic carbocycles. The third-order valence-electron chi connectivity index (χ3n) is 5.10. The van der Waals surface area contributed by atoms with Gasteiger partial charge in [-0.25, -0.2) is 0 Å². The third-order valence-corrected chi connectivity index (χ3v) is 5.40. The molecule has 0 spiro atoms. The number of amides is 2. The summed E-state index contributed by atoms with van der Waals surface area (Å²) in [6, 6.07) is 10.9. The molecule has 2 amide bonds. The Morgan fingerprint density at radius 1 is 1.06 bits per heavy atom. The molecule has 0 radical (unpaired) electrons. The van der Waals surface area contributed by atoms with E-state index in [9.17, 15) is 19.7 Å². The number of carbonyl (C=O) groups is 2. The molecule has 164 valence electrons. The van der Waals surface area contributed by atoms with Gasteiger partial charge in [0.05, 0.1) is 15.6 Å². The number of hydrogen-bond donors (Lipinski definition) is 1. The summed E-state index contributed by atoms with van der Waals surface area (Å²) in [6.45, 7) is 8.28. The summed E-state index contributed by atoms with van der Waals surface area (Å²) >= 11 is 6.46. The summed E-state index contributed by atoms with van der Waals surface area (Å²) in [4.78, 5) is 39.5. The number of nitro groups is 1. The van der Waals surface area contributed by atoms with Gasteiger partial charge in [-0.3, -0.25) is 19.7 Å². The van der Waals surface area contributed by atoms with Gasteiger partial charge in [-0.15, -0.1) is 0 Å². The monoisotopic (exact) mass is 444 g/mol. The quantitative estimate of drug-likeness (QED) is 0.563. The second-order valence-corrected chi connectivity index (χ2v) is 8.83. The summed E-state index contributed by atoms with van der Waals surface area (Å²) in [5.41, 5.74) is 0.567. The van der Waals surface area contributed by atoms with E-state index < -0.39 is 16.2 Å². The number of nitro benzene ring substituents is 1. The normalized spacial score (nSPS) is 14.3. The zero-order valence-corrected chi connectivity index (χ0v) is 18.5. The predicted octanol–water partition coefficient (Wildman–Crippen LogP) is 4.20. The number of benzene rings is 2. The van der Waals surface area contributed by atoms with Gasteiger partial charge in [-0.1, -0.05) is 44.5 Å². The number of rotatable bonds is 4. The lowest BCUT2D eigenvalue weighted by Gasteiger charge is -2.39. The van der Waals surface area contributed by atoms with Gasteiger partial charge in [0.15, 0.2) is 0 Å². The Labute approximate surface area is 185 Å². The van der Waals surface area contributed by atoms with E-state index in [4.69, 9.17) is 11.6 Å². The Bertz CT molecular complexity index is 1010. The first kappa shape index (κ1) is 22.6. The number of hydrogen-bond acceptors (Lipinski definition) is 5. The predicted molar refractivity (Wildman–Crippen MR) is 121 cm³/mol. The average molecular weight is 445 g/mol. The van der Waals surface area contributed by atoms with Crippen molar-refractivity contribution in [1.29, 1.82) is 0 Å². The van der Waals surface area contributed by atoms with E-state index in [2.05, 4.69) is 10.2 Å². The number of anilines is 2. The van der Waals surface area contributed by atoms with Crippen LogP contribution < -0.4 is 10.2 Å². The highest BCUT2D eigenvalue weighted by atomic mass is 35.5. The molecule has 2 aromatic rings. The molecule has 2 aromatic carbocycles. The van der Waals surface area contributed by atoms with E-state index in [0.717, 1.165) is 5.69 Å². The fraction of sp³-hybridized carbons (Fsp3) is 0.364. The van der Waals surface area contributed by atoms with E-state index in [1.807, 2.05) is 25.7 Å². The van der Waals surface area contributed by atoms with Crippen molar-refractivity contribution in [2.75, 3.05) is 36.4 Å². The van der Waals surface area contributed by atoms with Gasteiger partial charge >= 0.3 is 0 Å². The molecule has 0 aromatic heterocycles. The van der Waals surface area contributed by atoms with Crippen LogP contribution in [-0.2, 0) is 4.79 Å². The van der Waals surface area contributed by atoms with E-state index in [1.54, 1.807) is 24.3 Å². The molecule has 1 N–H and O–H groups in total. The van der Waals surface area contributed by atoms with Gasteiger partial charge in [0.25, 0.3) is 11.6 Å². The molecule has 1 aliphatic heterocycles. The maximum Gasteiger partial charge on any atom is 0.282 e. The van der Waals surface area contributed by atoms with Gasteiger partial charge in [-0.2, -0.15) is 0 Å². The van der Waals surface area contributed by atoms with Gasteiger partial charge < -0.3 is 15.1 Å². The molecular formula is C22H25ClN4O4. The SMILES string of the molecule is CC(C)(C)C(=O)N1CCN(c2ccc(NC(=O)c3ccccc3[N+](=O)[O-])cc2Cl)CC1. The molecule has 1 aliphatic rings. The van der Waals surface area contributed by atoms with Crippen molar-refractivity contribution in [3.8, 4) is 0 Å². The van der Waals surface area contributed by atoms with Crippen molar-refractivity contribution < 1.29 is 14.5 Å². The van der Waals surface area contributed by atoms with Crippen LogP contribution in [0.5, 0.6) is 0 Å². The van der Waals surface area contributed by atoms with Crippen LogP contribution >= 0.6 is 11.6 Å². The zero-order valence-electron chi connectivity index (χ0n) is 17.7. The van der Waals surface area contributed by atoms with Crippen molar-refractivity contribution in [3.05, 3.63) is 63.2 Å². The standard InChI is InChI=1S/C22H25ClN4O4/c1-22(2,3)21(29)26-12-10-25(11-13-26)19-9-8-15(14-17(19)23)24-20(28)16-6-4-5-7-18(16)27(30)31/h4-9,14H,10-13H2,1-3H3,(H,24,28). The number of piperazine rings is 1. The molecule has 0 unspecified atom stereocenters. The maximum absolute atomic E-state index is 12.5. The Balaban J connectivity index is 1.68. The van der Waals surface area contributed by atoms with Crippen LogP contribution in [0.25, 0.3) is 0 Å². The van der Waals surface area contributed by atoms with Gasteiger partial charge in [0, 0.05) is 43.3 Å². The van der Waals surface area contributed by atoms with Crippen molar-refractivity contribution in [2.24, 2.45) is 5.41 Å². The van der Waals surface area contributed by atoms with E-state index in [-0.39, 0.29) is 17.2 Å². The zero-order chi connectivity index (χ0) is 22.8. The topological polar surface area (TPSA) is 95.8 Å². The maximum atomic E-state index is 12.5. The molecule has 0 bridgehead atoms. The largest absolute Gasteiger partial charge is 0.367 e. The third kappa shape index (κ3) is 5.14. The van der Waals surface area contributed by atoms with Crippen LogP contribution in [0.1, 0.15) is 31.1 Å². The number of nitrogens with zero attached hydrogens (tertiary/aromatic N) is 3. The van der Waals surface area contributed by atoms with E-state index in [1.165, 1.54) is 18.2 Å². The summed E-state index contributed by atoms with van der Waals surface area (Å²) < 4.78 is 0. The van der Waals surface area contributed by atoms with Crippen molar-refractivity contribution in [3.63, 3.8) is 0 Å². The highest BCUT2D eigenvalue weighted by Gasteiger charge is 2.30. The Hall–Kier alpha value is -3.13. The molecule has 9 heteroatoms. The van der Waals surface area contributed by atoms with Gasteiger partial charge in [0.1, 0.15) is 5.56 Å². The van der Waals surface area contributed by atoms with Crippen molar-refractivity contribution in [1.82, 2.24) is 4.90 Å². The summed E-state index contributed by atoms with van der Waals surface area (Å²) in [6.07, 6.45) is 0. The van der Waals surface area contributed by atoms with Crippen LogP contribution in [0.4, 0.5) is 17.1 Å². The number of para-hydroxylation sites is 1. The number of halogens is 1. The molecule has 1 fully saturated rings. The second-order valence-electron chi connectivity index (χ2n) is 8.42. The minimum atomic E-state index is -0.588. The molecule has 1 heterocycles. The first-order valence-corrected chi connectivity index (χ1v) is 10.3. The Morgan fingerprint density at radius 3 is 2.29 bits per heavy atom. The first-order chi connectivity index (χ1) is 14.6. The van der Waals surface area contributed by atoms with Crippen LogP contribution in [0, 0.1) is 15.5 Å². The van der Waals surface area contributed by atoms with Crippen LogP contribution in [0.3, 0.4) is 0 Å². The Kier molecular flexibility index (Phi) is 6.50. The van der Waals surface area contributed by atoms with Gasteiger partial charge in [-0.05, 0) is 24.3 Å². The van der Waals surface area contributed by atoms with Crippen LogP contribution in [-0.4, -0.2) is 47.8 Å². The molecule has 8 nitrogen and oxygen atoms in total. The second kappa shape index (κ2) is 8.93.